The van der Waals surface area contributed by atoms with Gasteiger partial charge in [0.15, 0.2) is 0 Å². The Kier molecular flexibility index (Phi) is 16.4. The highest BCUT2D eigenvalue weighted by Crippen LogP contribution is 2.07. The summed E-state index contributed by atoms with van der Waals surface area (Å²) in [4.78, 5) is 25.3. The van der Waals surface area contributed by atoms with Crippen molar-refractivity contribution < 1.29 is 19.1 Å². The number of ether oxygens (including phenoxy) is 2. The van der Waals surface area contributed by atoms with Crippen molar-refractivity contribution in [1.82, 2.24) is 4.90 Å². The second kappa shape index (κ2) is 17.4. The molecule has 0 amide bonds. The highest BCUT2D eigenvalue weighted by Gasteiger charge is 2.15. The predicted molar refractivity (Wildman–Crippen MR) is 100 cm³/mol. The van der Waals surface area contributed by atoms with Crippen molar-refractivity contribution in [2.45, 2.75) is 58.3 Å². The predicted octanol–water partition coefficient (Wildman–Crippen LogP) is 2.66. The Balaban J connectivity index is 3.92. The molecule has 0 rings (SSSR count). The molecule has 0 saturated heterocycles. The molecule has 25 heavy (non-hydrogen) atoms. The normalized spacial score (nSPS) is 10.7. The summed E-state index contributed by atoms with van der Waals surface area (Å²) in [5.41, 5.74) is 5.50. The molecular formula is C19H36N2O4. The highest BCUT2D eigenvalue weighted by molar-refractivity contribution is 5.75. The van der Waals surface area contributed by atoms with Crippen LogP contribution in [0.1, 0.15) is 58.3 Å². The van der Waals surface area contributed by atoms with Crippen molar-refractivity contribution in [3.8, 4) is 0 Å². The van der Waals surface area contributed by atoms with Gasteiger partial charge >= 0.3 is 11.9 Å². The molecule has 0 aliphatic carbocycles. The Bertz CT molecular complexity index is 361. The molecule has 0 aromatic heterocycles. The van der Waals surface area contributed by atoms with E-state index < -0.39 is 0 Å². The van der Waals surface area contributed by atoms with E-state index in [9.17, 15) is 9.59 Å². The number of carbonyl (C=O) groups is 2. The van der Waals surface area contributed by atoms with E-state index in [1.165, 1.54) is 38.2 Å². The number of rotatable bonds is 17. The van der Waals surface area contributed by atoms with Gasteiger partial charge in [-0.15, -0.1) is 0 Å². The number of nitrogens with zero attached hydrogens (tertiary/aromatic N) is 1. The van der Waals surface area contributed by atoms with Crippen molar-refractivity contribution >= 4 is 11.9 Å². The smallest absolute Gasteiger partial charge is 0.320 e. The van der Waals surface area contributed by atoms with Crippen molar-refractivity contribution in [2.24, 2.45) is 5.73 Å². The fourth-order valence-electron chi connectivity index (χ4n) is 2.38. The van der Waals surface area contributed by atoms with Gasteiger partial charge in [0.25, 0.3) is 0 Å². The number of hydrogen-bond acceptors (Lipinski definition) is 6. The summed E-state index contributed by atoms with van der Waals surface area (Å²) >= 11 is 0. The Morgan fingerprint density at radius 1 is 0.960 bits per heavy atom. The molecule has 0 unspecified atom stereocenters. The van der Waals surface area contributed by atoms with Crippen LogP contribution in [0.2, 0.25) is 0 Å². The molecule has 6 heteroatoms. The molecule has 6 nitrogen and oxygen atoms in total. The maximum atomic E-state index is 11.9. The Hall–Kier alpha value is -1.40. The zero-order valence-electron chi connectivity index (χ0n) is 15.8. The first kappa shape index (κ1) is 23.6. The molecule has 146 valence electrons. The van der Waals surface area contributed by atoms with Crippen LogP contribution in [0.5, 0.6) is 0 Å². The van der Waals surface area contributed by atoms with E-state index in [0.29, 0.717) is 26.1 Å². The van der Waals surface area contributed by atoms with E-state index in [1.807, 2.05) is 0 Å². The lowest BCUT2D eigenvalue weighted by atomic mass is 10.1. The molecular weight excluding hydrogens is 320 g/mol. The maximum Gasteiger partial charge on any atom is 0.320 e. The van der Waals surface area contributed by atoms with Gasteiger partial charge in [-0.05, 0) is 19.4 Å². The van der Waals surface area contributed by atoms with Crippen molar-refractivity contribution in [1.29, 1.82) is 0 Å². The van der Waals surface area contributed by atoms with Crippen LogP contribution < -0.4 is 5.73 Å². The van der Waals surface area contributed by atoms with Crippen LogP contribution in [-0.2, 0) is 19.1 Å². The number of nitrogens with two attached hydrogens (primary N) is 1. The van der Waals surface area contributed by atoms with Crippen LogP contribution in [0.4, 0.5) is 0 Å². The summed E-state index contributed by atoms with van der Waals surface area (Å²) in [7, 11) is 0. The van der Waals surface area contributed by atoms with Crippen LogP contribution in [-0.4, -0.2) is 56.2 Å². The third-order valence-corrected chi connectivity index (χ3v) is 3.76. The molecule has 0 saturated carbocycles. The fourth-order valence-corrected chi connectivity index (χ4v) is 2.38. The first-order chi connectivity index (χ1) is 12.1. The van der Waals surface area contributed by atoms with E-state index in [1.54, 1.807) is 4.90 Å². The number of esters is 2. The monoisotopic (exact) mass is 356 g/mol. The average molecular weight is 357 g/mol. The topological polar surface area (TPSA) is 81.9 Å². The minimum Gasteiger partial charge on any atom is -0.465 e. The zero-order chi connectivity index (χ0) is 18.8. The largest absolute Gasteiger partial charge is 0.465 e. The SMILES string of the molecule is C=CCOC(=O)CN(CCCN)CC(=O)OCCCCCCCCC. The summed E-state index contributed by atoms with van der Waals surface area (Å²) < 4.78 is 10.2. The van der Waals surface area contributed by atoms with Crippen LogP contribution in [0.15, 0.2) is 12.7 Å². The summed E-state index contributed by atoms with van der Waals surface area (Å²) in [6.07, 6.45) is 10.5. The summed E-state index contributed by atoms with van der Waals surface area (Å²) in [5, 5.41) is 0. The lowest BCUT2D eigenvalue weighted by molar-refractivity contribution is -0.148. The molecule has 0 aromatic carbocycles. The number of unbranched alkanes of at least 4 members (excludes halogenated alkanes) is 6. The molecule has 0 heterocycles. The second-order valence-corrected chi connectivity index (χ2v) is 6.17. The number of hydrogen-bond donors (Lipinski definition) is 1. The van der Waals surface area contributed by atoms with Crippen LogP contribution >= 0.6 is 0 Å². The lowest BCUT2D eigenvalue weighted by Crippen LogP contribution is -2.37. The Labute approximate surface area is 152 Å². The minimum atomic E-state index is -0.378. The van der Waals surface area contributed by atoms with Gasteiger partial charge in [0, 0.05) is 6.54 Å². The van der Waals surface area contributed by atoms with E-state index >= 15 is 0 Å². The molecule has 0 atom stereocenters. The minimum absolute atomic E-state index is 0.0559. The third-order valence-electron chi connectivity index (χ3n) is 3.76. The van der Waals surface area contributed by atoms with E-state index in [2.05, 4.69) is 13.5 Å². The van der Waals surface area contributed by atoms with E-state index in [4.69, 9.17) is 15.2 Å². The molecule has 0 fully saturated rings. The number of carbonyl (C=O) groups excluding carboxylic acids is 2. The quantitative estimate of drug-likeness (QED) is 0.245. The summed E-state index contributed by atoms with van der Waals surface area (Å²) in [6.45, 7) is 7.52. The van der Waals surface area contributed by atoms with Crippen LogP contribution in [0.25, 0.3) is 0 Å². The molecule has 0 radical (unpaired) electrons. The van der Waals surface area contributed by atoms with Crippen molar-refractivity contribution in [3.05, 3.63) is 12.7 Å². The molecule has 2 N–H and O–H groups in total. The third kappa shape index (κ3) is 15.8. The first-order valence-corrected chi connectivity index (χ1v) is 9.48. The van der Waals surface area contributed by atoms with Gasteiger partial charge in [0.2, 0.25) is 0 Å². The van der Waals surface area contributed by atoms with Gasteiger partial charge in [-0.25, -0.2) is 0 Å². The Morgan fingerprint density at radius 2 is 1.56 bits per heavy atom. The summed E-state index contributed by atoms with van der Waals surface area (Å²) in [6, 6.07) is 0. The van der Waals surface area contributed by atoms with E-state index in [0.717, 1.165) is 12.8 Å². The standard InChI is InChI=1S/C19H36N2O4/c1-3-5-6-7-8-9-10-15-25-19(23)17-21(13-11-12-20)16-18(22)24-14-4-2/h4H,2-3,5-17,20H2,1H3. The molecule has 0 aromatic rings. The Morgan fingerprint density at radius 3 is 2.16 bits per heavy atom. The average Bonchev–Trinajstić information content (AvgIpc) is 2.60. The molecule has 0 spiro atoms. The highest BCUT2D eigenvalue weighted by atomic mass is 16.5. The van der Waals surface area contributed by atoms with E-state index in [-0.39, 0.29) is 31.6 Å². The lowest BCUT2D eigenvalue weighted by Gasteiger charge is -2.20. The zero-order valence-corrected chi connectivity index (χ0v) is 15.8. The fraction of sp³-hybridized carbons (Fsp3) is 0.789. The van der Waals surface area contributed by atoms with Gasteiger partial charge < -0.3 is 15.2 Å². The molecule has 0 aliphatic heterocycles. The van der Waals surface area contributed by atoms with Gasteiger partial charge in [0.05, 0.1) is 19.7 Å². The van der Waals surface area contributed by atoms with Gasteiger partial charge in [-0.2, -0.15) is 0 Å². The van der Waals surface area contributed by atoms with Gasteiger partial charge in [-0.3, -0.25) is 14.5 Å². The van der Waals surface area contributed by atoms with Gasteiger partial charge in [-0.1, -0.05) is 58.1 Å². The van der Waals surface area contributed by atoms with Crippen LogP contribution in [0.3, 0.4) is 0 Å². The molecule has 0 bridgehead atoms. The summed E-state index contributed by atoms with van der Waals surface area (Å²) in [5.74, 6) is -0.684. The van der Waals surface area contributed by atoms with Crippen LogP contribution in [0, 0.1) is 0 Å². The van der Waals surface area contributed by atoms with Crippen molar-refractivity contribution in [3.63, 3.8) is 0 Å². The second-order valence-electron chi connectivity index (χ2n) is 6.17. The first-order valence-electron chi connectivity index (χ1n) is 9.48. The van der Waals surface area contributed by atoms with Gasteiger partial charge in [0.1, 0.15) is 6.61 Å². The maximum absolute atomic E-state index is 11.9. The van der Waals surface area contributed by atoms with Crippen molar-refractivity contribution in [2.75, 3.05) is 39.4 Å². The molecule has 0 aliphatic rings.